The van der Waals surface area contributed by atoms with Gasteiger partial charge in [0.05, 0.1) is 5.02 Å². The highest BCUT2D eigenvalue weighted by Gasteiger charge is 2.22. The molecule has 1 amide bonds. The second-order valence-electron chi connectivity index (χ2n) is 6.97. The SMILES string of the molecule is CC(CC(=O)NCCc1cc(Cl)c2c(c1)OCCO2)C1CCNCC1. The molecule has 0 saturated carbocycles. The van der Waals surface area contributed by atoms with Gasteiger partial charge in [0.15, 0.2) is 11.5 Å². The molecule has 0 bridgehead atoms. The summed E-state index contributed by atoms with van der Waals surface area (Å²) in [5.74, 6) is 2.54. The van der Waals surface area contributed by atoms with E-state index in [1.807, 2.05) is 12.1 Å². The Hall–Kier alpha value is -1.46. The number of carbonyl (C=O) groups is 1. The Balaban J connectivity index is 1.44. The summed E-state index contributed by atoms with van der Waals surface area (Å²) in [7, 11) is 0. The normalized spacial score (nSPS) is 18.6. The molecule has 3 rings (SSSR count). The number of hydrogen-bond acceptors (Lipinski definition) is 4. The van der Waals surface area contributed by atoms with Crippen LogP contribution in [-0.2, 0) is 11.2 Å². The largest absolute Gasteiger partial charge is 0.486 e. The number of fused-ring (bicyclic) bond motifs is 1. The number of hydrogen-bond donors (Lipinski definition) is 2. The van der Waals surface area contributed by atoms with Crippen LogP contribution in [-0.4, -0.2) is 38.8 Å². The fourth-order valence-electron chi connectivity index (χ4n) is 3.60. The van der Waals surface area contributed by atoms with Gasteiger partial charge in [-0.25, -0.2) is 0 Å². The van der Waals surface area contributed by atoms with Gasteiger partial charge in [0.25, 0.3) is 0 Å². The van der Waals surface area contributed by atoms with E-state index in [1.54, 1.807) is 0 Å². The minimum atomic E-state index is 0.134. The van der Waals surface area contributed by atoms with Crippen molar-refractivity contribution < 1.29 is 14.3 Å². The smallest absolute Gasteiger partial charge is 0.220 e. The number of rotatable bonds is 6. The quantitative estimate of drug-likeness (QED) is 0.812. The lowest BCUT2D eigenvalue weighted by Gasteiger charge is -2.27. The van der Waals surface area contributed by atoms with Crippen LogP contribution in [0.15, 0.2) is 12.1 Å². The lowest BCUT2D eigenvalue weighted by Crippen LogP contribution is -2.34. The van der Waals surface area contributed by atoms with E-state index < -0.39 is 0 Å². The van der Waals surface area contributed by atoms with Gasteiger partial charge in [-0.15, -0.1) is 0 Å². The Morgan fingerprint density at radius 2 is 2.08 bits per heavy atom. The lowest BCUT2D eigenvalue weighted by atomic mass is 9.84. The van der Waals surface area contributed by atoms with E-state index in [2.05, 4.69) is 17.6 Å². The van der Waals surface area contributed by atoms with Gasteiger partial charge >= 0.3 is 0 Å². The van der Waals surface area contributed by atoms with E-state index in [0.717, 1.165) is 25.1 Å². The van der Waals surface area contributed by atoms with Crippen LogP contribution < -0.4 is 20.1 Å². The third-order valence-corrected chi connectivity index (χ3v) is 5.37. The van der Waals surface area contributed by atoms with E-state index in [4.69, 9.17) is 21.1 Å². The molecule has 1 unspecified atom stereocenters. The van der Waals surface area contributed by atoms with Crippen molar-refractivity contribution in [1.82, 2.24) is 10.6 Å². The third kappa shape index (κ3) is 5.02. The van der Waals surface area contributed by atoms with Crippen LogP contribution in [0.2, 0.25) is 5.02 Å². The zero-order valence-electron chi connectivity index (χ0n) is 14.8. The maximum absolute atomic E-state index is 12.2. The average molecular weight is 367 g/mol. The minimum Gasteiger partial charge on any atom is -0.486 e. The lowest BCUT2D eigenvalue weighted by molar-refractivity contribution is -0.122. The molecule has 6 heteroatoms. The van der Waals surface area contributed by atoms with Gasteiger partial charge in [-0.3, -0.25) is 4.79 Å². The molecule has 2 aliphatic heterocycles. The van der Waals surface area contributed by atoms with Crippen LogP contribution in [0.3, 0.4) is 0 Å². The van der Waals surface area contributed by atoms with Crippen LogP contribution in [0, 0.1) is 11.8 Å². The first-order valence-electron chi connectivity index (χ1n) is 9.19. The van der Waals surface area contributed by atoms with Crippen molar-refractivity contribution in [1.29, 1.82) is 0 Å². The molecule has 0 radical (unpaired) electrons. The zero-order valence-corrected chi connectivity index (χ0v) is 15.5. The first-order valence-corrected chi connectivity index (χ1v) is 9.56. The number of nitrogens with one attached hydrogen (secondary N) is 2. The highest BCUT2D eigenvalue weighted by molar-refractivity contribution is 6.32. The summed E-state index contributed by atoms with van der Waals surface area (Å²) in [6, 6.07) is 3.84. The predicted octanol–water partition coefficient (Wildman–Crippen LogP) is 2.80. The minimum absolute atomic E-state index is 0.134. The van der Waals surface area contributed by atoms with E-state index in [0.29, 0.717) is 54.5 Å². The van der Waals surface area contributed by atoms with Crippen LogP contribution in [0.5, 0.6) is 11.5 Å². The number of ether oxygens (including phenoxy) is 2. The highest BCUT2D eigenvalue weighted by atomic mass is 35.5. The molecular formula is C19H27ClN2O3. The molecule has 1 fully saturated rings. The third-order valence-electron chi connectivity index (χ3n) is 5.09. The molecule has 1 atom stereocenters. The highest BCUT2D eigenvalue weighted by Crippen LogP contribution is 2.38. The molecule has 2 heterocycles. The Kier molecular flexibility index (Phi) is 6.43. The molecule has 138 valence electrons. The fourth-order valence-corrected chi connectivity index (χ4v) is 3.89. The fraction of sp³-hybridized carbons (Fsp3) is 0.632. The van der Waals surface area contributed by atoms with Gasteiger partial charge in [-0.2, -0.15) is 0 Å². The van der Waals surface area contributed by atoms with Gasteiger partial charge in [-0.1, -0.05) is 18.5 Å². The van der Waals surface area contributed by atoms with Gasteiger partial charge < -0.3 is 20.1 Å². The summed E-state index contributed by atoms with van der Waals surface area (Å²) < 4.78 is 11.1. The predicted molar refractivity (Wildman–Crippen MR) is 98.5 cm³/mol. The van der Waals surface area contributed by atoms with Crippen LogP contribution >= 0.6 is 11.6 Å². The van der Waals surface area contributed by atoms with E-state index in [-0.39, 0.29) is 5.91 Å². The molecule has 1 aromatic carbocycles. The van der Waals surface area contributed by atoms with Gasteiger partial charge in [-0.05, 0) is 61.9 Å². The van der Waals surface area contributed by atoms with E-state index in [9.17, 15) is 4.79 Å². The monoisotopic (exact) mass is 366 g/mol. The molecule has 1 saturated heterocycles. The van der Waals surface area contributed by atoms with Gasteiger partial charge in [0.2, 0.25) is 5.91 Å². The van der Waals surface area contributed by atoms with Gasteiger partial charge in [0, 0.05) is 13.0 Å². The second-order valence-corrected chi connectivity index (χ2v) is 7.38. The van der Waals surface area contributed by atoms with Crippen molar-refractivity contribution in [2.45, 2.75) is 32.6 Å². The van der Waals surface area contributed by atoms with Crippen molar-refractivity contribution in [3.8, 4) is 11.5 Å². The average Bonchev–Trinajstić information content (AvgIpc) is 2.62. The molecule has 0 spiro atoms. The van der Waals surface area contributed by atoms with Crippen LogP contribution in [0.4, 0.5) is 0 Å². The molecule has 0 aromatic heterocycles. The number of halogens is 1. The number of piperidine rings is 1. The molecule has 0 aliphatic carbocycles. The Morgan fingerprint density at radius 3 is 2.88 bits per heavy atom. The van der Waals surface area contributed by atoms with Gasteiger partial charge in [0.1, 0.15) is 13.2 Å². The molecule has 5 nitrogen and oxygen atoms in total. The van der Waals surface area contributed by atoms with Crippen molar-refractivity contribution in [3.05, 3.63) is 22.7 Å². The van der Waals surface area contributed by atoms with Crippen molar-refractivity contribution in [3.63, 3.8) is 0 Å². The standard InChI is InChI=1S/C19H27ClN2O3/c1-13(15-3-5-21-6-4-15)10-18(23)22-7-2-14-11-16(20)19-17(12-14)24-8-9-25-19/h11-13,15,21H,2-10H2,1H3,(H,22,23). The number of benzene rings is 1. The summed E-state index contributed by atoms with van der Waals surface area (Å²) in [6.45, 7) is 6.00. The molecule has 25 heavy (non-hydrogen) atoms. The molecular weight excluding hydrogens is 340 g/mol. The van der Waals surface area contributed by atoms with Crippen molar-refractivity contribution >= 4 is 17.5 Å². The van der Waals surface area contributed by atoms with E-state index in [1.165, 1.54) is 12.8 Å². The summed E-state index contributed by atoms with van der Waals surface area (Å²) in [5.41, 5.74) is 1.04. The van der Waals surface area contributed by atoms with Crippen LogP contribution in [0.25, 0.3) is 0 Å². The van der Waals surface area contributed by atoms with Crippen molar-refractivity contribution in [2.24, 2.45) is 11.8 Å². The second kappa shape index (κ2) is 8.77. The van der Waals surface area contributed by atoms with Crippen molar-refractivity contribution in [2.75, 3.05) is 32.8 Å². The summed E-state index contributed by atoms with van der Waals surface area (Å²) in [4.78, 5) is 12.2. The maximum Gasteiger partial charge on any atom is 0.220 e. The van der Waals surface area contributed by atoms with E-state index >= 15 is 0 Å². The summed E-state index contributed by atoms with van der Waals surface area (Å²) >= 11 is 6.25. The van der Waals surface area contributed by atoms with Crippen LogP contribution in [0.1, 0.15) is 31.7 Å². The molecule has 2 aliphatic rings. The number of carbonyl (C=O) groups excluding carboxylic acids is 1. The summed E-state index contributed by atoms with van der Waals surface area (Å²) in [5, 5.41) is 6.97. The first-order chi connectivity index (χ1) is 12.1. The first kappa shape index (κ1) is 18.3. The topological polar surface area (TPSA) is 59.6 Å². The Morgan fingerprint density at radius 1 is 1.32 bits per heavy atom. The summed E-state index contributed by atoms with van der Waals surface area (Å²) in [6.07, 6.45) is 3.67. The maximum atomic E-state index is 12.2. The number of amides is 1. The Bertz CT molecular complexity index is 603. The molecule has 2 N–H and O–H groups in total. The zero-order chi connectivity index (χ0) is 17.6. The molecule has 1 aromatic rings. The Labute approximate surface area is 154 Å².